The number of hydrogen-bond donors (Lipinski definition) is 1. The van der Waals surface area contributed by atoms with Crippen molar-refractivity contribution in [2.75, 3.05) is 6.61 Å². The Bertz CT molecular complexity index is 630. The summed E-state index contributed by atoms with van der Waals surface area (Å²) in [4.78, 5) is 10.3. The lowest BCUT2D eigenvalue weighted by molar-refractivity contribution is -0.384. The molecule has 1 aromatic heterocycles. The maximum atomic E-state index is 10.7. The fraction of sp³-hybridized carbons (Fsp3) is 0.182. The van der Waals surface area contributed by atoms with E-state index in [9.17, 15) is 10.1 Å². The molecule has 6 heteroatoms. The summed E-state index contributed by atoms with van der Waals surface area (Å²) >= 11 is 0. The van der Waals surface area contributed by atoms with Crippen LogP contribution >= 0.6 is 0 Å². The average Bonchev–Trinajstić information content (AvgIpc) is 2.96. The summed E-state index contributed by atoms with van der Waals surface area (Å²) in [7, 11) is 0. The molecule has 0 amide bonds. The predicted octanol–water partition coefficient (Wildman–Crippen LogP) is 2.23. The van der Waals surface area contributed by atoms with E-state index in [1.54, 1.807) is 12.3 Å². The predicted molar refractivity (Wildman–Crippen MR) is 61.3 cm³/mol. The lowest BCUT2D eigenvalue weighted by atomic mass is 10.1. The van der Waals surface area contributed by atoms with E-state index in [4.69, 9.17) is 4.74 Å². The van der Waals surface area contributed by atoms with Gasteiger partial charge in [-0.1, -0.05) is 0 Å². The van der Waals surface area contributed by atoms with E-state index in [0.29, 0.717) is 6.61 Å². The van der Waals surface area contributed by atoms with Gasteiger partial charge in [-0.2, -0.15) is 5.10 Å². The normalized spacial score (nSPS) is 14.7. The van der Waals surface area contributed by atoms with Gasteiger partial charge in [0.05, 0.1) is 29.0 Å². The van der Waals surface area contributed by atoms with Crippen LogP contribution in [0.4, 0.5) is 5.69 Å². The maximum absolute atomic E-state index is 10.7. The number of fused-ring (bicyclic) bond motifs is 1. The highest BCUT2D eigenvalue weighted by atomic mass is 16.6. The van der Waals surface area contributed by atoms with Gasteiger partial charge in [0, 0.05) is 29.5 Å². The third kappa shape index (κ3) is 1.54. The summed E-state index contributed by atoms with van der Waals surface area (Å²) in [6, 6.07) is 4.66. The molecule has 2 aromatic rings. The third-order valence-corrected chi connectivity index (χ3v) is 2.78. The van der Waals surface area contributed by atoms with Crippen LogP contribution in [0.25, 0.3) is 16.5 Å². The Hall–Kier alpha value is -2.37. The lowest BCUT2D eigenvalue weighted by Crippen LogP contribution is -1.88. The zero-order chi connectivity index (χ0) is 11.8. The second-order valence-electron chi connectivity index (χ2n) is 3.82. The first kappa shape index (κ1) is 9.83. The second-order valence-corrected chi connectivity index (χ2v) is 3.82. The quantitative estimate of drug-likeness (QED) is 0.634. The van der Waals surface area contributed by atoms with E-state index < -0.39 is 4.92 Å². The number of aromatic nitrogens is 2. The number of nitro groups is 1. The zero-order valence-corrected chi connectivity index (χ0v) is 8.84. The summed E-state index contributed by atoms with van der Waals surface area (Å²) in [6.45, 7) is 0.638. The number of rotatable bonds is 2. The van der Waals surface area contributed by atoms with Crippen molar-refractivity contribution in [3.05, 3.63) is 40.3 Å². The Labute approximate surface area is 96.0 Å². The van der Waals surface area contributed by atoms with E-state index >= 15 is 0 Å². The Morgan fingerprint density at radius 3 is 3.06 bits per heavy atom. The van der Waals surface area contributed by atoms with E-state index in [-0.39, 0.29) is 5.69 Å². The number of aromatic amines is 1. The monoisotopic (exact) mass is 231 g/mol. The summed E-state index contributed by atoms with van der Waals surface area (Å²) in [6.07, 6.45) is 2.44. The molecule has 1 aliphatic rings. The fourth-order valence-corrected chi connectivity index (χ4v) is 1.92. The molecule has 1 aromatic carbocycles. The Balaban J connectivity index is 2.18. The highest BCUT2D eigenvalue weighted by molar-refractivity contribution is 5.91. The van der Waals surface area contributed by atoms with Crippen molar-refractivity contribution in [1.29, 1.82) is 0 Å². The molecule has 2 heterocycles. The van der Waals surface area contributed by atoms with Gasteiger partial charge in [-0.25, -0.2) is 0 Å². The van der Waals surface area contributed by atoms with Gasteiger partial charge in [0.1, 0.15) is 0 Å². The van der Waals surface area contributed by atoms with Gasteiger partial charge in [-0.15, -0.1) is 0 Å². The summed E-state index contributed by atoms with van der Waals surface area (Å²) < 4.78 is 5.16. The van der Waals surface area contributed by atoms with Gasteiger partial charge >= 0.3 is 0 Å². The first-order chi connectivity index (χ1) is 8.25. The van der Waals surface area contributed by atoms with Crippen molar-refractivity contribution in [2.45, 2.75) is 6.42 Å². The molecule has 0 fully saturated rings. The number of nitrogens with one attached hydrogen (secondary N) is 1. The molecule has 0 radical (unpaired) electrons. The SMILES string of the molecule is O=[N+]([O-])c1ccc2[nH]nc(C3=COCC3)c2c1. The van der Waals surface area contributed by atoms with Crippen LogP contribution in [-0.2, 0) is 4.74 Å². The minimum atomic E-state index is -0.407. The van der Waals surface area contributed by atoms with E-state index in [0.717, 1.165) is 28.6 Å². The van der Waals surface area contributed by atoms with Crippen LogP contribution in [0, 0.1) is 10.1 Å². The van der Waals surface area contributed by atoms with Crippen LogP contribution in [0.2, 0.25) is 0 Å². The van der Waals surface area contributed by atoms with Crippen molar-refractivity contribution in [1.82, 2.24) is 10.2 Å². The van der Waals surface area contributed by atoms with E-state index in [1.165, 1.54) is 12.1 Å². The molecule has 0 aliphatic carbocycles. The molecule has 86 valence electrons. The number of ether oxygens (including phenoxy) is 1. The lowest BCUT2D eigenvalue weighted by Gasteiger charge is -1.95. The van der Waals surface area contributed by atoms with Crippen molar-refractivity contribution >= 4 is 22.2 Å². The molecule has 3 rings (SSSR count). The number of benzene rings is 1. The van der Waals surface area contributed by atoms with Gasteiger partial charge in [-0.05, 0) is 6.07 Å². The Morgan fingerprint density at radius 1 is 1.47 bits per heavy atom. The second kappa shape index (κ2) is 3.58. The van der Waals surface area contributed by atoms with Gasteiger partial charge in [0.25, 0.3) is 5.69 Å². The average molecular weight is 231 g/mol. The molecule has 1 N–H and O–H groups in total. The number of non-ortho nitro benzene ring substituents is 1. The number of nitro benzene ring substituents is 1. The molecule has 0 spiro atoms. The number of hydrogen-bond acceptors (Lipinski definition) is 4. The number of nitrogens with zero attached hydrogens (tertiary/aromatic N) is 2. The van der Waals surface area contributed by atoms with Gasteiger partial charge in [0.2, 0.25) is 0 Å². The van der Waals surface area contributed by atoms with Crippen molar-refractivity contribution in [2.24, 2.45) is 0 Å². The van der Waals surface area contributed by atoms with Gasteiger partial charge < -0.3 is 4.74 Å². The van der Waals surface area contributed by atoms with Crippen LogP contribution in [0.5, 0.6) is 0 Å². The Kier molecular flexibility index (Phi) is 2.07. The Morgan fingerprint density at radius 2 is 2.35 bits per heavy atom. The molecule has 0 saturated carbocycles. The topological polar surface area (TPSA) is 81.0 Å². The summed E-state index contributed by atoms with van der Waals surface area (Å²) in [5.41, 5.74) is 2.57. The molecular formula is C11H9N3O3. The molecule has 6 nitrogen and oxygen atoms in total. The largest absolute Gasteiger partial charge is 0.500 e. The maximum Gasteiger partial charge on any atom is 0.270 e. The van der Waals surface area contributed by atoms with Crippen LogP contribution in [0.1, 0.15) is 12.1 Å². The molecule has 1 aliphatic heterocycles. The molecular weight excluding hydrogens is 222 g/mol. The third-order valence-electron chi connectivity index (χ3n) is 2.78. The minimum absolute atomic E-state index is 0.0691. The molecule has 0 saturated heterocycles. The molecule has 0 unspecified atom stereocenters. The van der Waals surface area contributed by atoms with Gasteiger partial charge in [0.15, 0.2) is 0 Å². The smallest absolute Gasteiger partial charge is 0.270 e. The van der Waals surface area contributed by atoms with E-state index in [1.807, 2.05) is 0 Å². The zero-order valence-electron chi connectivity index (χ0n) is 8.84. The first-order valence-electron chi connectivity index (χ1n) is 5.19. The first-order valence-corrected chi connectivity index (χ1v) is 5.19. The van der Waals surface area contributed by atoms with E-state index in [2.05, 4.69) is 10.2 Å². The van der Waals surface area contributed by atoms with Crippen molar-refractivity contribution in [3.63, 3.8) is 0 Å². The summed E-state index contributed by atoms with van der Waals surface area (Å²) in [5.74, 6) is 0. The highest BCUT2D eigenvalue weighted by Gasteiger charge is 2.17. The molecule has 0 bridgehead atoms. The summed E-state index contributed by atoms with van der Waals surface area (Å²) in [5, 5.41) is 18.5. The number of H-pyrrole nitrogens is 1. The van der Waals surface area contributed by atoms with Crippen LogP contribution in [-0.4, -0.2) is 21.7 Å². The molecule has 17 heavy (non-hydrogen) atoms. The standard InChI is InChI=1S/C11H9N3O3/c15-14(16)8-1-2-10-9(5-8)11(13-12-10)7-3-4-17-6-7/h1-2,5-6H,3-4H2,(H,12,13). The molecule has 0 atom stereocenters. The van der Waals surface area contributed by atoms with Crippen LogP contribution < -0.4 is 0 Å². The van der Waals surface area contributed by atoms with Crippen molar-refractivity contribution in [3.8, 4) is 0 Å². The highest BCUT2D eigenvalue weighted by Crippen LogP contribution is 2.29. The van der Waals surface area contributed by atoms with Gasteiger partial charge in [-0.3, -0.25) is 15.2 Å². The van der Waals surface area contributed by atoms with Crippen LogP contribution in [0.3, 0.4) is 0 Å². The fourth-order valence-electron chi connectivity index (χ4n) is 1.92. The minimum Gasteiger partial charge on any atom is -0.500 e. The van der Waals surface area contributed by atoms with Crippen LogP contribution in [0.15, 0.2) is 24.5 Å². The van der Waals surface area contributed by atoms with Crippen molar-refractivity contribution < 1.29 is 9.66 Å².